The van der Waals surface area contributed by atoms with Gasteiger partial charge in [-0.05, 0) is 18.8 Å². The molecule has 2 atom stereocenters. The van der Waals surface area contributed by atoms with Gasteiger partial charge in [0.15, 0.2) is 0 Å². The van der Waals surface area contributed by atoms with Gasteiger partial charge in [-0.15, -0.1) is 10.2 Å². The smallest absolute Gasteiger partial charge is 0.327 e. The zero-order valence-electron chi connectivity index (χ0n) is 9.91. The second-order valence-electron chi connectivity index (χ2n) is 4.52. The van der Waals surface area contributed by atoms with Gasteiger partial charge in [-0.2, -0.15) is 13.2 Å². The molecular formula is C10H13F3N4OS. The van der Waals surface area contributed by atoms with Crippen LogP contribution in [0, 0.1) is 5.92 Å². The van der Waals surface area contributed by atoms with Crippen molar-refractivity contribution in [1.82, 2.24) is 10.2 Å². The Hall–Kier alpha value is -1.22. The van der Waals surface area contributed by atoms with Gasteiger partial charge in [0, 0.05) is 12.5 Å². The van der Waals surface area contributed by atoms with Crippen LogP contribution in [0.2, 0.25) is 0 Å². The molecule has 1 aromatic heterocycles. The van der Waals surface area contributed by atoms with Gasteiger partial charge in [0.25, 0.3) is 0 Å². The molecule has 1 amide bonds. The zero-order valence-corrected chi connectivity index (χ0v) is 10.7. The first-order valence-electron chi connectivity index (χ1n) is 5.82. The lowest BCUT2D eigenvalue weighted by Gasteiger charge is -2.13. The van der Waals surface area contributed by atoms with Crippen molar-refractivity contribution in [3.05, 3.63) is 5.01 Å². The molecule has 0 aliphatic heterocycles. The quantitative estimate of drug-likeness (QED) is 0.893. The highest BCUT2D eigenvalue weighted by molar-refractivity contribution is 7.15. The molecule has 5 nitrogen and oxygen atoms in total. The summed E-state index contributed by atoms with van der Waals surface area (Å²) >= 11 is 0.316. The number of nitrogens with two attached hydrogens (primary N) is 1. The third-order valence-electron chi connectivity index (χ3n) is 3.08. The fourth-order valence-electron chi connectivity index (χ4n) is 2.12. The van der Waals surface area contributed by atoms with Crippen molar-refractivity contribution in [2.24, 2.45) is 11.7 Å². The molecule has 0 aromatic carbocycles. The molecule has 106 valence electrons. The number of carbonyl (C=O) groups excluding carboxylic acids is 1. The number of anilines is 1. The second kappa shape index (κ2) is 5.41. The summed E-state index contributed by atoms with van der Waals surface area (Å²) in [4.78, 5) is 11.7. The largest absolute Gasteiger partial charge is 0.445 e. The molecule has 1 aromatic rings. The third kappa shape index (κ3) is 3.63. The number of carbonyl (C=O) groups is 1. The van der Waals surface area contributed by atoms with Crippen LogP contribution in [-0.4, -0.2) is 22.1 Å². The molecule has 1 saturated carbocycles. The second-order valence-corrected chi connectivity index (χ2v) is 5.49. The number of halogens is 3. The van der Waals surface area contributed by atoms with Gasteiger partial charge in [0.05, 0.1) is 0 Å². The Morgan fingerprint density at radius 3 is 2.68 bits per heavy atom. The fraction of sp³-hybridized carbons (Fsp3) is 0.700. The summed E-state index contributed by atoms with van der Waals surface area (Å²) < 4.78 is 36.9. The molecule has 0 spiro atoms. The van der Waals surface area contributed by atoms with Crippen molar-refractivity contribution in [2.75, 3.05) is 5.32 Å². The van der Waals surface area contributed by atoms with Crippen molar-refractivity contribution in [2.45, 2.75) is 37.9 Å². The van der Waals surface area contributed by atoms with E-state index in [1.807, 2.05) is 0 Å². The fourth-order valence-corrected chi connectivity index (χ4v) is 2.74. The van der Waals surface area contributed by atoms with E-state index in [-0.39, 0.29) is 29.4 Å². The Labute approximate surface area is 111 Å². The molecule has 9 heteroatoms. The predicted molar refractivity (Wildman–Crippen MR) is 63.5 cm³/mol. The Morgan fingerprint density at radius 1 is 1.42 bits per heavy atom. The highest BCUT2D eigenvalue weighted by Gasteiger charge is 2.36. The first-order chi connectivity index (χ1) is 8.86. The summed E-state index contributed by atoms with van der Waals surface area (Å²) in [6.07, 6.45) is -1.58. The molecule has 1 heterocycles. The first kappa shape index (κ1) is 14.2. The van der Waals surface area contributed by atoms with E-state index >= 15 is 0 Å². The van der Waals surface area contributed by atoms with Crippen molar-refractivity contribution in [3.8, 4) is 0 Å². The van der Waals surface area contributed by atoms with Gasteiger partial charge in [-0.1, -0.05) is 17.8 Å². The third-order valence-corrected chi connectivity index (χ3v) is 3.96. The van der Waals surface area contributed by atoms with Gasteiger partial charge >= 0.3 is 6.18 Å². The lowest BCUT2D eigenvalue weighted by atomic mass is 10.00. The summed E-state index contributed by atoms with van der Waals surface area (Å²) in [7, 11) is 0. The minimum Gasteiger partial charge on any atom is -0.327 e. The van der Waals surface area contributed by atoms with Crippen molar-refractivity contribution >= 4 is 22.4 Å². The number of rotatable bonds is 3. The average molecular weight is 294 g/mol. The molecule has 0 saturated heterocycles. The van der Waals surface area contributed by atoms with Crippen LogP contribution in [0.25, 0.3) is 0 Å². The van der Waals surface area contributed by atoms with Crippen LogP contribution in [0.4, 0.5) is 18.3 Å². The summed E-state index contributed by atoms with van der Waals surface area (Å²) in [5.41, 5.74) is 5.83. The molecule has 1 aliphatic carbocycles. The zero-order chi connectivity index (χ0) is 14.0. The van der Waals surface area contributed by atoms with Crippen molar-refractivity contribution in [3.63, 3.8) is 0 Å². The van der Waals surface area contributed by atoms with Crippen LogP contribution in [0.15, 0.2) is 0 Å². The van der Waals surface area contributed by atoms with Gasteiger partial charge in [-0.3, -0.25) is 4.79 Å². The van der Waals surface area contributed by atoms with E-state index in [4.69, 9.17) is 5.73 Å². The Balaban J connectivity index is 1.90. The average Bonchev–Trinajstić information content (AvgIpc) is 2.88. The van der Waals surface area contributed by atoms with E-state index in [1.165, 1.54) is 0 Å². The van der Waals surface area contributed by atoms with Gasteiger partial charge in [0.1, 0.15) is 0 Å². The maximum Gasteiger partial charge on any atom is 0.445 e. The molecule has 1 aliphatic rings. The molecular weight excluding hydrogens is 281 g/mol. The minimum atomic E-state index is -4.53. The van der Waals surface area contributed by atoms with E-state index < -0.39 is 11.2 Å². The van der Waals surface area contributed by atoms with Gasteiger partial charge < -0.3 is 11.1 Å². The summed E-state index contributed by atoms with van der Waals surface area (Å²) in [5.74, 6) is -0.276. The number of nitrogens with one attached hydrogen (secondary N) is 1. The van der Waals surface area contributed by atoms with Crippen LogP contribution < -0.4 is 11.1 Å². The highest BCUT2D eigenvalue weighted by atomic mass is 32.1. The molecule has 0 radical (unpaired) electrons. The summed E-state index contributed by atoms with van der Waals surface area (Å²) in [5, 5.41) is 7.42. The van der Waals surface area contributed by atoms with Crippen LogP contribution in [0.5, 0.6) is 0 Å². The Kier molecular flexibility index (Phi) is 4.04. The molecule has 2 rings (SSSR count). The predicted octanol–water partition coefficient (Wildman–Crippen LogP) is 2.01. The number of hydrogen-bond donors (Lipinski definition) is 2. The molecule has 19 heavy (non-hydrogen) atoms. The summed E-state index contributed by atoms with van der Waals surface area (Å²) in [6, 6.07) is -0.00842. The number of alkyl halides is 3. The lowest BCUT2D eigenvalue weighted by Crippen LogP contribution is -2.28. The minimum absolute atomic E-state index is 0.00842. The Morgan fingerprint density at radius 2 is 2.16 bits per heavy atom. The van der Waals surface area contributed by atoms with Crippen LogP contribution in [-0.2, 0) is 11.0 Å². The maximum absolute atomic E-state index is 12.3. The summed E-state index contributed by atoms with van der Waals surface area (Å²) in [6.45, 7) is 0. The molecule has 3 N–H and O–H groups in total. The maximum atomic E-state index is 12.3. The molecule has 0 unspecified atom stereocenters. The SMILES string of the molecule is N[C@@H]1CCC[C@H]1CC(=O)Nc1nnc(C(F)(F)F)s1. The molecule has 0 bridgehead atoms. The van der Waals surface area contributed by atoms with Crippen molar-refractivity contribution < 1.29 is 18.0 Å². The van der Waals surface area contributed by atoms with E-state index in [0.717, 1.165) is 19.3 Å². The monoisotopic (exact) mass is 294 g/mol. The number of aromatic nitrogens is 2. The Bertz CT molecular complexity index is 462. The van der Waals surface area contributed by atoms with Crippen LogP contribution in [0.1, 0.15) is 30.7 Å². The van der Waals surface area contributed by atoms with Crippen LogP contribution in [0.3, 0.4) is 0 Å². The van der Waals surface area contributed by atoms with Crippen molar-refractivity contribution in [1.29, 1.82) is 0 Å². The molecule has 1 fully saturated rings. The first-order valence-corrected chi connectivity index (χ1v) is 6.64. The topological polar surface area (TPSA) is 80.9 Å². The van der Waals surface area contributed by atoms with Gasteiger partial charge in [0.2, 0.25) is 16.0 Å². The van der Waals surface area contributed by atoms with E-state index in [9.17, 15) is 18.0 Å². The van der Waals surface area contributed by atoms with Gasteiger partial charge in [-0.25, -0.2) is 0 Å². The van der Waals surface area contributed by atoms with E-state index in [0.29, 0.717) is 11.3 Å². The number of amides is 1. The number of hydrogen-bond acceptors (Lipinski definition) is 5. The lowest BCUT2D eigenvalue weighted by molar-refractivity contribution is -0.138. The number of nitrogens with zero attached hydrogens (tertiary/aromatic N) is 2. The standard InChI is InChI=1S/C10H13F3N4OS/c11-10(12,13)8-16-17-9(19-8)15-7(18)4-5-2-1-3-6(5)14/h5-6H,1-4,14H2,(H,15,17,18)/t5-,6+/m0/s1. The highest BCUT2D eigenvalue weighted by Crippen LogP contribution is 2.33. The normalized spacial score (nSPS) is 23.6. The van der Waals surface area contributed by atoms with Crippen LogP contribution >= 0.6 is 11.3 Å². The van der Waals surface area contributed by atoms with E-state index in [1.54, 1.807) is 0 Å². The van der Waals surface area contributed by atoms with E-state index in [2.05, 4.69) is 15.5 Å².